The van der Waals surface area contributed by atoms with Crippen LogP contribution in [0.1, 0.15) is 23.2 Å². The Kier molecular flexibility index (Phi) is 5.79. The number of likely N-dealkylation sites (tertiary alicyclic amines) is 1. The molecule has 168 valence electrons. The molecule has 1 aliphatic heterocycles. The predicted octanol–water partition coefficient (Wildman–Crippen LogP) is 4.36. The third kappa shape index (κ3) is 4.73. The summed E-state index contributed by atoms with van der Waals surface area (Å²) in [7, 11) is 4.09. The molecule has 2 aromatic heterocycles. The fourth-order valence-corrected chi connectivity index (χ4v) is 4.20. The molecule has 4 aromatic rings. The van der Waals surface area contributed by atoms with Crippen LogP contribution in [0.5, 0.6) is 5.75 Å². The lowest BCUT2D eigenvalue weighted by Crippen LogP contribution is -2.35. The minimum Gasteiger partial charge on any atom is -0.490 e. The van der Waals surface area contributed by atoms with Crippen molar-refractivity contribution in [2.75, 3.05) is 25.5 Å². The second-order valence-electron chi connectivity index (χ2n) is 8.62. The largest absolute Gasteiger partial charge is 0.490 e. The van der Waals surface area contributed by atoms with Gasteiger partial charge in [-0.05, 0) is 55.6 Å². The van der Waals surface area contributed by atoms with Gasteiger partial charge in [-0.2, -0.15) is 0 Å². The zero-order valence-corrected chi connectivity index (χ0v) is 18.9. The molecule has 33 heavy (non-hydrogen) atoms. The maximum atomic E-state index is 12.9. The molecule has 0 spiro atoms. The number of amides is 1. The molecule has 3 heterocycles. The summed E-state index contributed by atoms with van der Waals surface area (Å²) in [5, 5.41) is 4.93. The molecule has 7 nitrogen and oxygen atoms in total. The molecule has 0 saturated carbocycles. The Hall–Kier alpha value is -3.71. The van der Waals surface area contributed by atoms with E-state index in [2.05, 4.69) is 39.4 Å². The highest BCUT2D eigenvalue weighted by molar-refractivity contribution is 6.04. The lowest BCUT2D eigenvalue weighted by molar-refractivity contribution is 0.102. The van der Waals surface area contributed by atoms with Crippen LogP contribution in [0.4, 0.5) is 5.82 Å². The van der Waals surface area contributed by atoms with Gasteiger partial charge in [-0.15, -0.1) is 0 Å². The maximum Gasteiger partial charge on any atom is 0.256 e. The molecule has 1 fully saturated rings. The van der Waals surface area contributed by atoms with E-state index in [1.54, 1.807) is 24.7 Å². The first-order valence-corrected chi connectivity index (χ1v) is 11.2. The van der Waals surface area contributed by atoms with Gasteiger partial charge in [-0.1, -0.05) is 18.2 Å². The number of carbonyl (C=O) groups is 1. The number of aryl methyl sites for hydroxylation is 1. The molecule has 2 aromatic carbocycles. The smallest absolute Gasteiger partial charge is 0.256 e. The van der Waals surface area contributed by atoms with Crippen LogP contribution in [-0.4, -0.2) is 51.6 Å². The molecule has 0 atom stereocenters. The van der Waals surface area contributed by atoms with Crippen molar-refractivity contribution in [2.24, 2.45) is 7.05 Å². The Labute approximate surface area is 193 Å². The van der Waals surface area contributed by atoms with Gasteiger partial charge in [0.05, 0.1) is 18.2 Å². The molecular formula is C26H27N5O2. The summed E-state index contributed by atoms with van der Waals surface area (Å²) < 4.78 is 8.11. The molecule has 0 unspecified atom stereocenters. The van der Waals surface area contributed by atoms with Crippen LogP contribution >= 0.6 is 0 Å². The van der Waals surface area contributed by atoms with Gasteiger partial charge in [0.15, 0.2) is 0 Å². The summed E-state index contributed by atoms with van der Waals surface area (Å²) in [5.41, 5.74) is 2.64. The number of fused-ring (bicyclic) bond motifs is 1. The van der Waals surface area contributed by atoms with E-state index in [0.717, 1.165) is 53.7 Å². The van der Waals surface area contributed by atoms with E-state index in [-0.39, 0.29) is 12.0 Å². The lowest BCUT2D eigenvalue weighted by Gasteiger charge is -2.29. The molecule has 1 N–H and O–H groups in total. The lowest BCUT2D eigenvalue weighted by atomic mass is 10.1. The summed E-state index contributed by atoms with van der Waals surface area (Å²) >= 11 is 0. The Morgan fingerprint density at radius 1 is 1.03 bits per heavy atom. The Balaban J connectivity index is 1.32. The van der Waals surface area contributed by atoms with Crippen molar-refractivity contribution >= 4 is 22.5 Å². The first-order valence-electron chi connectivity index (χ1n) is 11.2. The molecule has 0 radical (unpaired) electrons. The van der Waals surface area contributed by atoms with E-state index in [1.807, 2.05) is 42.1 Å². The Bertz CT molecular complexity index is 1290. The number of benzene rings is 2. The van der Waals surface area contributed by atoms with Crippen LogP contribution in [0.25, 0.3) is 22.0 Å². The quantitative estimate of drug-likeness (QED) is 0.498. The summed E-state index contributed by atoms with van der Waals surface area (Å²) in [4.78, 5) is 23.8. The van der Waals surface area contributed by atoms with Crippen LogP contribution in [0, 0.1) is 0 Å². The van der Waals surface area contributed by atoms with Gasteiger partial charge in [0.2, 0.25) is 0 Å². The Morgan fingerprint density at radius 3 is 2.67 bits per heavy atom. The molecule has 1 amide bonds. The van der Waals surface area contributed by atoms with Gasteiger partial charge in [0.25, 0.3) is 5.91 Å². The summed E-state index contributed by atoms with van der Waals surface area (Å²) in [6.07, 6.45) is 7.57. The highest BCUT2D eigenvalue weighted by atomic mass is 16.5. The van der Waals surface area contributed by atoms with Crippen molar-refractivity contribution in [1.82, 2.24) is 19.4 Å². The standard InChI is InChI=1S/C26H27N5O2/c1-30-10-8-22(9-11-30)33-23-5-3-4-19(13-23)26(32)29-25-14-21-12-18(6-7-20(21)15-28-25)24-16-27-17-31(24)2/h3-7,12-17,22H,8-11H2,1-2H3,(H,28,29,32). The Morgan fingerprint density at radius 2 is 1.88 bits per heavy atom. The van der Waals surface area contributed by atoms with Crippen molar-refractivity contribution < 1.29 is 9.53 Å². The molecule has 1 saturated heterocycles. The molecular weight excluding hydrogens is 414 g/mol. The number of hydrogen-bond acceptors (Lipinski definition) is 5. The van der Waals surface area contributed by atoms with E-state index in [1.165, 1.54) is 0 Å². The fraction of sp³-hybridized carbons (Fsp3) is 0.269. The monoisotopic (exact) mass is 441 g/mol. The maximum absolute atomic E-state index is 12.9. The summed E-state index contributed by atoms with van der Waals surface area (Å²) in [6, 6.07) is 15.4. The van der Waals surface area contributed by atoms with Crippen molar-refractivity contribution in [3.05, 3.63) is 72.8 Å². The van der Waals surface area contributed by atoms with Crippen molar-refractivity contribution in [2.45, 2.75) is 18.9 Å². The van der Waals surface area contributed by atoms with E-state index < -0.39 is 0 Å². The molecule has 0 aliphatic carbocycles. The van der Waals surface area contributed by atoms with Gasteiger partial charge in [0.1, 0.15) is 17.7 Å². The van der Waals surface area contributed by atoms with E-state index in [9.17, 15) is 4.79 Å². The van der Waals surface area contributed by atoms with Crippen LogP contribution < -0.4 is 10.1 Å². The second kappa shape index (κ2) is 9.03. The zero-order chi connectivity index (χ0) is 22.8. The van der Waals surface area contributed by atoms with Crippen LogP contribution in [0.2, 0.25) is 0 Å². The topological polar surface area (TPSA) is 72.3 Å². The summed E-state index contributed by atoms with van der Waals surface area (Å²) in [6.45, 7) is 2.06. The second-order valence-corrected chi connectivity index (χ2v) is 8.62. The highest BCUT2D eigenvalue weighted by Crippen LogP contribution is 2.25. The van der Waals surface area contributed by atoms with E-state index in [4.69, 9.17) is 4.74 Å². The van der Waals surface area contributed by atoms with Gasteiger partial charge < -0.3 is 19.5 Å². The minimum absolute atomic E-state index is 0.190. The van der Waals surface area contributed by atoms with Crippen molar-refractivity contribution in [1.29, 1.82) is 0 Å². The number of piperidine rings is 1. The zero-order valence-electron chi connectivity index (χ0n) is 18.9. The van der Waals surface area contributed by atoms with E-state index in [0.29, 0.717) is 11.4 Å². The van der Waals surface area contributed by atoms with Gasteiger partial charge in [-0.25, -0.2) is 9.97 Å². The van der Waals surface area contributed by atoms with E-state index >= 15 is 0 Å². The number of hydrogen-bond donors (Lipinski definition) is 1. The average molecular weight is 442 g/mol. The number of ether oxygens (including phenoxy) is 1. The van der Waals surface area contributed by atoms with Crippen molar-refractivity contribution in [3.8, 4) is 17.0 Å². The van der Waals surface area contributed by atoms with Gasteiger partial charge in [0, 0.05) is 42.8 Å². The minimum atomic E-state index is -0.210. The third-order valence-corrected chi connectivity index (χ3v) is 6.14. The first-order chi connectivity index (χ1) is 16.0. The first kappa shape index (κ1) is 21.2. The fourth-order valence-electron chi connectivity index (χ4n) is 4.20. The van der Waals surface area contributed by atoms with Crippen LogP contribution in [-0.2, 0) is 7.05 Å². The van der Waals surface area contributed by atoms with Crippen LogP contribution in [0.15, 0.2) is 67.3 Å². The number of aromatic nitrogens is 3. The number of nitrogens with one attached hydrogen (secondary N) is 1. The average Bonchev–Trinajstić information content (AvgIpc) is 3.26. The van der Waals surface area contributed by atoms with Crippen LogP contribution in [0.3, 0.4) is 0 Å². The third-order valence-electron chi connectivity index (χ3n) is 6.14. The number of pyridine rings is 1. The summed E-state index contributed by atoms with van der Waals surface area (Å²) in [5.74, 6) is 1.03. The molecule has 0 bridgehead atoms. The number of rotatable bonds is 5. The number of nitrogens with zero attached hydrogens (tertiary/aromatic N) is 4. The number of imidazole rings is 1. The molecule has 7 heteroatoms. The molecule has 5 rings (SSSR count). The number of carbonyl (C=O) groups excluding carboxylic acids is 1. The highest BCUT2D eigenvalue weighted by Gasteiger charge is 2.18. The predicted molar refractivity (Wildman–Crippen MR) is 129 cm³/mol. The van der Waals surface area contributed by atoms with Gasteiger partial charge in [-0.3, -0.25) is 4.79 Å². The van der Waals surface area contributed by atoms with Gasteiger partial charge >= 0.3 is 0 Å². The number of anilines is 1. The normalized spacial score (nSPS) is 15.0. The van der Waals surface area contributed by atoms with Crippen molar-refractivity contribution in [3.63, 3.8) is 0 Å². The SMILES string of the molecule is CN1CCC(Oc2cccc(C(=O)Nc3cc4cc(-c5cncn5C)ccc4cn3)c2)CC1. The molecule has 1 aliphatic rings.